The Morgan fingerprint density at radius 3 is 2.81 bits per heavy atom. The van der Waals surface area contributed by atoms with E-state index in [0.717, 1.165) is 32.4 Å². The molecule has 0 aromatic heterocycles. The molecule has 3 rings (SSSR count). The molecule has 2 heterocycles. The number of imide groups is 1. The molecule has 116 valence electrons. The van der Waals surface area contributed by atoms with Crippen LogP contribution in [0.15, 0.2) is 0 Å². The summed E-state index contributed by atoms with van der Waals surface area (Å²) in [5.41, 5.74) is -0.267. The molecule has 2 atom stereocenters. The maximum atomic E-state index is 12.6. The second-order valence-electron chi connectivity index (χ2n) is 6.42. The van der Waals surface area contributed by atoms with Gasteiger partial charge in [-0.3, -0.25) is 19.3 Å². The predicted octanol–water partition coefficient (Wildman–Crippen LogP) is 0.0314. The van der Waals surface area contributed by atoms with E-state index in [4.69, 9.17) is 0 Å². The average Bonchev–Trinajstić information content (AvgIpc) is 3.05. The van der Waals surface area contributed by atoms with Crippen LogP contribution in [0.4, 0.5) is 0 Å². The van der Waals surface area contributed by atoms with Crippen molar-refractivity contribution in [2.75, 3.05) is 26.2 Å². The first kappa shape index (κ1) is 14.5. The van der Waals surface area contributed by atoms with Crippen LogP contribution in [0.5, 0.6) is 0 Å². The van der Waals surface area contributed by atoms with Gasteiger partial charge < -0.3 is 10.6 Å². The maximum Gasteiger partial charge on any atom is 0.229 e. The minimum atomic E-state index is -0.267. The standard InChI is InChI=1S/C15H23N3O3/c19-12-4-5-13(20)18(12)8-7-17-14(21)15-6-2-1-3-11(15)9-16-10-15/h11,16H,1-10H2,(H,17,21)/t11-,15+/m0/s1. The second-order valence-corrected chi connectivity index (χ2v) is 6.42. The van der Waals surface area contributed by atoms with Crippen LogP contribution in [-0.4, -0.2) is 48.8 Å². The van der Waals surface area contributed by atoms with E-state index in [1.54, 1.807) is 0 Å². The molecule has 0 unspecified atom stereocenters. The molecule has 3 fully saturated rings. The molecule has 0 bridgehead atoms. The van der Waals surface area contributed by atoms with Crippen LogP contribution < -0.4 is 10.6 Å². The Bertz CT molecular complexity index is 449. The van der Waals surface area contributed by atoms with E-state index in [1.807, 2.05) is 0 Å². The van der Waals surface area contributed by atoms with E-state index >= 15 is 0 Å². The minimum Gasteiger partial charge on any atom is -0.354 e. The Balaban J connectivity index is 1.54. The summed E-state index contributed by atoms with van der Waals surface area (Å²) in [5, 5.41) is 6.31. The van der Waals surface area contributed by atoms with Crippen molar-refractivity contribution in [1.82, 2.24) is 15.5 Å². The maximum absolute atomic E-state index is 12.6. The van der Waals surface area contributed by atoms with E-state index in [2.05, 4.69) is 10.6 Å². The number of nitrogens with one attached hydrogen (secondary N) is 2. The van der Waals surface area contributed by atoms with Crippen molar-refractivity contribution >= 4 is 17.7 Å². The lowest BCUT2D eigenvalue weighted by molar-refractivity contribution is -0.139. The summed E-state index contributed by atoms with van der Waals surface area (Å²) < 4.78 is 0. The monoisotopic (exact) mass is 293 g/mol. The Labute approximate surface area is 124 Å². The van der Waals surface area contributed by atoms with E-state index in [9.17, 15) is 14.4 Å². The largest absolute Gasteiger partial charge is 0.354 e. The van der Waals surface area contributed by atoms with Crippen LogP contribution in [0.1, 0.15) is 38.5 Å². The third kappa shape index (κ3) is 2.57. The molecular formula is C15H23N3O3. The zero-order valence-electron chi connectivity index (χ0n) is 12.3. The summed E-state index contributed by atoms with van der Waals surface area (Å²) in [6, 6.07) is 0. The van der Waals surface area contributed by atoms with Crippen LogP contribution in [0.2, 0.25) is 0 Å². The molecule has 2 N–H and O–H groups in total. The summed E-state index contributed by atoms with van der Waals surface area (Å²) in [7, 11) is 0. The van der Waals surface area contributed by atoms with Crippen molar-refractivity contribution in [3.8, 4) is 0 Å². The first-order valence-electron chi connectivity index (χ1n) is 7.96. The van der Waals surface area contributed by atoms with Crippen molar-refractivity contribution < 1.29 is 14.4 Å². The van der Waals surface area contributed by atoms with Gasteiger partial charge in [-0.05, 0) is 25.3 Å². The molecule has 3 aliphatic rings. The van der Waals surface area contributed by atoms with Gasteiger partial charge in [0.1, 0.15) is 0 Å². The van der Waals surface area contributed by atoms with Gasteiger partial charge in [0.25, 0.3) is 0 Å². The summed E-state index contributed by atoms with van der Waals surface area (Å²) in [5.74, 6) is 0.286. The minimum absolute atomic E-state index is 0.0938. The zero-order chi connectivity index (χ0) is 14.9. The average molecular weight is 293 g/mol. The summed E-state index contributed by atoms with van der Waals surface area (Å²) in [6.07, 6.45) is 4.99. The molecule has 1 saturated carbocycles. The summed E-state index contributed by atoms with van der Waals surface area (Å²) in [6.45, 7) is 2.35. The molecule has 6 nitrogen and oxygen atoms in total. The fourth-order valence-corrected chi connectivity index (χ4v) is 4.02. The van der Waals surface area contributed by atoms with Crippen LogP contribution in [0.3, 0.4) is 0 Å². The van der Waals surface area contributed by atoms with Crippen LogP contribution in [-0.2, 0) is 14.4 Å². The number of hydrogen-bond donors (Lipinski definition) is 2. The van der Waals surface area contributed by atoms with Crippen LogP contribution in [0.25, 0.3) is 0 Å². The van der Waals surface area contributed by atoms with Gasteiger partial charge in [0.15, 0.2) is 0 Å². The highest BCUT2D eigenvalue weighted by molar-refractivity contribution is 6.01. The molecule has 2 saturated heterocycles. The van der Waals surface area contributed by atoms with Gasteiger partial charge in [0, 0.05) is 32.5 Å². The number of amides is 3. The van der Waals surface area contributed by atoms with Gasteiger partial charge in [-0.2, -0.15) is 0 Å². The van der Waals surface area contributed by atoms with Gasteiger partial charge >= 0.3 is 0 Å². The van der Waals surface area contributed by atoms with Gasteiger partial charge in [0.2, 0.25) is 17.7 Å². The number of likely N-dealkylation sites (tertiary alicyclic amines) is 1. The Morgan fingerprint density at radius 2 is 2.05 bits per heavy atom. The molecule has 0 radical (unpaired) electrons. The number of carbonyl (C=O) groups is 3. The highest BCUT2D eigenvalue weighted by Gasteiger charge is 2.49. The first-order chi connectivity index (χ1) is 10.1. The molecule has 2 aliphatic heterocycles. The quantitative estimate of drug-likeness (QED) is 0.717. The molecule has 6 heteroatoms. The van der Waals surface area contributed by atoms with Gasteiger partial charge in [0.05, 0.1) is 5.41 Å². The Hall–Kier alpha value is -1.43. The fourth-order valence-electron chi connectivity index (χ4n) is 4.02. The molecule has 0 spiro atoms. The molecule has 3 amide bonds. The number of rotatable bonds is 4. The van der Waals surface area contributed by atoms with Crippen LogP contribution >= 0.6 is 0 Å². The number of hydrogen-bond acceptors (Lipinski definition) is 4. The van der Waals surface area contributed by atoms with Gasteiger partial charge in [-0.1, -0.05) is 12.8 Å². The summed E-state index contributed by atoms with van der Waals surface area (Å²) in [4.78, 5) is 36.9. The van der Waals surface area contributed by atoms with Crippen molar-refractivity contribution in [3.63, 3.8) is 0 Å². The fraction of sp³-hybridized carbons (Fsp3) is 0.800. The summed E-state index contributed by atoms with van der Waals surface area (Å²) >= 11 is 0. The molecular weight excluding hydrogens is 270 g/mol. The second kappa shape index (κ2) is 5.75. The number of fused-ring (bicyclic) bond motifs is 1. The lowest BCUT2D eigenvalue weighted by Crippen LogP contribution is -2.49. The Kier molecular flexibility index (Phi) is 3.97. The van der Waals surface area contributed by atoms with Crippen molar-refractivity contribution in [3.05, 3.63) is 0 Å². The molecule has 0 aromatic carbocycles. The first-order valence-corrected chi connectivity index (χ1v) is 7.96. The predicted molar refractivity (Wildman–Crippen MR) is 76.2 cm³/mol. The third-order valence-electron chi connectivity index (χ3n) is 5.27. The van der Waals surface area contributed by atoms with E-state index < -0.39 is 0 Å². The topological polar surface area (TPSA) is 78.5 Å². The molecule has 1 aliphatic carbocycles. The lowest BCUT2D eigenvalue weighted by atomic mass is 9.67. The van der Waals surface area contributed by atoms with E-state index in [1.165, 1.54) is 11.3 Å². The normalized spacial score (nSPS) is 32.4. The van der Waals surface area contributed by atoms with Crippen LogP contribution in [0, 0.1) is 11.3 Å². The Morgan fingerprint density at radius 1 is 1.29 bits per heavy atom. The highest BCUT2D eigenvalue weighted by Crippen LogP contribution is 2.43. The zero-order valence-corrected chi connectivity index (χ0v) is 12.3. The molecule has 0 aromatic rings. The molecule has 21 heavy (non-hydrogen) atoms. The smallest absolute Gasteiger partial charge is 0.229 e. The van der Waals surface area contributed by atoms with Crippen molar-refractivity contribution in [1.29, 1.82) is 0 Å². The third-order valence-corrected chi connectivity index (χ3v) is 5.27. The highest BCUT2D eigenvalue weighted by atomic mass is 16.2. The van der Waals surface area contributed by atoms with E-state index in [-0.39, 0.29) is 23.1 Å². The van der Waals surface area contributed by atoms with E-state index in [0.29, 0.717) is 31.8 Å². The van der Waals surface area contributed by atoms with Gasteiger partial charge in [-0.25, -0.2) is 0 Å². The van der Waals surface area contributed by atoms with Crippen molar-refractivity contribution in [2.45, 2.75) is 38.5 Å². The SMILES string of the molecule is O=C1CCC(=O)N1CCNC(=O)[C@@]12CCCC[C@H]1CNC2. The number of nitrogens with zero attached hydrogens (tertiary/aromatic N) is 1. The van der Waals surface area contributed by atoms with Crippen molar-refractivity contribution in [2.24, 2.45) is 11.3 Å². The number of carbonyl (C=O) groups excluding carboxylic acids is 3. The van der Waals surface area contributed by atoms with Gasteiger partial charge in [-0.15, -0.1) is 0 Å². The lowest BCUT2D eigenvalue weighted by Gasteiger charge is -2.37.